The zero-order valence-corrected chi connectivity index (χ0v) is 16.8. The lowest BCUT2D eigenvalue weighted by Gasteiger charge is -2.22. The molecule has 7 heteroatoms. The van der Waals surface area contributed by atoms with Crippen LogP contribution in [0.2, 0.25) is 0 Å². The highest BCUT2D eigenvalue weighted by Gasteiger charge is 2.25. The lowest BCUT2D eigenvalue weighted by Crippen LogP contribution is -2.30. The van der Waals surface area contributed by atoms with Gasteiger partial charge < -0.3 is 10.1 Å². The first-order chi connectivity index (χ1) is 12.7. The molecule has 146 valence electrons. The van der Waals surface area contributed by atoms with Crippen LogP contribution in [0.25, 0.3) is 0 Å². The van der Waals surface area contributed by atoms with Crippen LogP contribution in [-0.2, 0) is 14.8 Å². The van der Waals surface area contributed by atoms with Gasteiger partial charge in [0.05, 0.1) is 7.11 Å². The Morgan fingerprint density at radius 2 is 1.78 bits per heavy atom. The average molecular weight is 391 g/mol. The van der Waals surface area contributed by atoms with Gasteiger partial charge in [-0.15, -0.1) is 0 Å². The highest BCUT2D eigenvalue weighted by atomic mass is 32.2. The van der Waals surface area contributed by atoms with Gasteiger partial charge in [0.1, 0.15) is 10.6 Å². The molecule has 6 nitrogen and oxygen atoms in total. The molecule has 0 saturated heterocycles. The molecule has 0 saturated carbocycles. The van der Waals surface area contributed by atoms with E-state index < -0.39 is 10.0 Å². The van der Waals surface area contributed by atoms with Crippen LogP contribution in [0.4, 0.5) is 5.69 Å². The van der Waals surface area contributed by atoms with Gasteiger partial charge in [0, 0.05) is 18.7 Å². The van der Waals surface area contributed by atoms with E-state index in [0.29, 0.717) is 18.0 Å². The van der Waals surface area contributed by atoms with Crippen molar-refractivity contribution in [3.8, 4) is 5.75 Å². The van der Waals surface area contributed by atoms with Crippen molar-refractivity contribution in [2.45, 2.75) is 38.1 Å². The monoisotopic (exact) mass is 390 g/mol. The van der Waals surface area contributed by atoms with Crippen LogP contribution in [0.3, 0.4) is 0 Å². The van der Waals surface area contributed by atoms with Crippen molar-refractivity contribution in [2.75, 3.05) is 12.4 Å². The maximum atomic E-state index is 13.1. The molecule has 0 bridgehead atoms. The standard InChI is InChI=1S/C20H26N2O4S/c1-14(2)12-18(16-8-6-5-7-9-16)22-27(24,25)20-13-17(21-15(3)23)10-11-19(20)26-4/h5-11,13-14,18,22H,12H2,1-4H3,(H,21,23)/t18-/m0/s1. The Kier molecular flexibility index (Phi) is 6.98. The van der Waals surface area contributed by atoms with E-state index in [4.69, 9.17) is 4.74 Å². The molecule has 1 atom stereocenters. The Morgan fingerprint density at radius 1 is 1.11 bits per heavy atom. The quantitative estimate of drug-likeness (QED) is 0.719. The predicted molar refractivity (Wildman–Crippen MR) is 106 cm³/mol. The topological polar surface area (TPSA) is 84.5 Å². The van der Waals surface area contributed by atoms with Gasteiger partial charge in [-0.1, -0.05) is 44.2 Å². The molecule has 2 N–H and O–H groups in total. The lowest BCUT2D eigenvalue weighted by atomic mass is 9.98. The van der Waals surface area contributed by atoms with Crippen LogP contribution in [0, 0.1) is 5.92 Å². The molecule has 0 fully saturated rings. The number of hydrogen-bond acceptors (Lipinski definition) is 4. The molecule has 27 heavy (non-hydrogen) atoms. The van der Waals surface area contributed by atoms with Crippen LogP contribution < -0.4 is 14.8 Å². The number of carbonyl (C=O) groups excluding carboxylic acids is 1. The molecule has 0 aliphatic heterocycles. The summed E-state index contributed by atoms with van der Waals surface area (Å²) in [6, 6.07) is 13.6. The molecular weight excluding hydrogens is 364 g/mol. The van der Waals surface area contributed by atoms with Gasteiger partial charge in [-0.05, 0) is 36.1 Å². The van der Waals surface area contributed by atoms with Gasteiger partial charge in [-0.25, -0.2) is 13.1 Å². The van der Waals surface area contributed by atoms with Gasteiger partial charge >= 0.3 is 0 Å². The Morgan fingerprint density at radius 3 is 2.33 bits per heavy atom. The number of benzene rings is 2. The summed E-state index contributed by atoms with van der Waals surface area (Å²) in [4.78, 5) is 11.3. The molecule has 2 rings (SSSR count). The SMILES string of the molecule is COc1ccc(NC(C)=O)cc1S(=O)(=O)N[C@@H](CC(C)C)c1ccccc1. The Balaban J connectivity index is 2.41. The number of rotatable bonds is 8. The molecule has 0 radical (unpaired) electrons. The predicted octanol–water partition coefficient (Wildman–Crippen LogP) is 3.72. The minimum Gasteiger partial charge on any atom is -0.495 e. The summed E-state index contributed by atoms with van der Waals surface area (Å²) >= 11 is 0. The Labute approximate surface area is 161 Å². The average Bonchev–Trinajstić information content (AvgIpc) is 2.61. The van der Waals surface area contributed by atoms with E-state index in [1.807, 2.05) is 44.2 Å². The summed E-state index contributed by atoms with van der Waals surface area (Å²) in [5.41, 5.74) is 1.29. The third kappa shape index (κ3) is 5.80. The second-order valence-electron chi connectivity index (χ2n) is 6.76. The third-order valence-corrected chi connectivity index (χ3v) is 5.47. The molecule has 2 aromatic carbocycles. The largest absolute Gasteiger partial charge is 0.495 e. The van der Waals surface area contributed by atoms with E-state index in [1.165, 1.54) is 26.2 Å². The fourth-order valence-electron chi connectivity index (χ4n) is 2.83. The van der Waals surface area contributed by atoms with Gasteiger partial charge in [0.2, 0.25) is 15.9 Å². The third-order valence-electron chi connectivity index (χ3n) is 3.98. The van der Waals surface area contributed by atoms with Crippen LogP contribution in [0.5, 0.6) is 5.75 Å². The summed E-state index contributed by atoms with van der Waals surface area (Å²) in [5.74, 6) is 0.233. The smallest absolute Gasteiger partial charge is 0.244 e. The maximum absolute atomic E-state index is 13.1. The zero-order chi connectivity index (χ0) is 20.0. The minimum absolute atomic E-state index is 0.0130. The lowest BCUT2D eigenvalue weighted by molar-refractivity contribution is -0.114. The van der Waals surface area contributed by atoms with Crippen molar-refractivity contribution in [2.24, 2.45) is 5.92 Å². The number of ether oxygens (including phenoxy) is 1. The summed E-state index contributed by atoms with van der Waals surface area (Å²) in [6.07, 6.45) is 0.650. The van der Waals surface area contributed by atoms with E-state index in [2.05, 4.69) is 10.0 Å². The van der Waals surface area contributed by atoms with Crippen molar-refractivity contribution < 1.29 is 17.9 Å². The maximum Gasteiger partial charge on any atom is 0.244 e. The van der Waals surface area contributed by atoms with E-state index in [9.17, 15) is 13.2 Å². The minimum atomic E-state index is -3.88. The van der Waals surface area contributed by atoms with Gasteiger partial charge in [-0.3, -0.25) is 4.79 Å². The van der Waals surface area contributed by atoms with Gasteiger partial charge in [0.25, 0.3) is 0 Å². The van der Waals surface area contributed by atoms with E-state index >= 15 is 0 Å². The summed E-state index contributed by atoms with van der Waals surface area (Å²) < 4.78 is 34.2. The van der Waals surface area contributed by atoms with Crippen molar-refractivity contribution in [1.82, 2.24) is 4.72 Å². The van der Waals surface area contributed by atoms with Crippen LogP contribution in [0.1, 0.15) is 38.8 Å². The van der Waals surface area contributed by atoms with Crippen LogP contribution in [0.15, 0.2) is 53.4 Å². The van der Waals surface area contributed by atoms with Crippen LogP contribution in [-0.4, -0.2) is 21.4 Å². The molecule has 0 aliphatic rings. The molecule has 0 aliphatic carbocycles. The van der Waals surface area contributed by atoms with E-state index in [1.54, 1.807) is 6.07 Å². The Bertz CT molecular complexity index is 880. The first kappa shape index (κ1) is 20.9. The summed E-state index contributed by atoms with van der Waals surface area (Å²) in [6.45, 7) is 5.45. The number of amides is 1. The molecule has 0 heterocycles. The number of carbonyl (C=O) groups is 1. The second-order valence-corrected chi connectivity index (χ2v) is 8.44. The molecular formula is C20H26N2O4S. The van der Waals surface area contributed by atoms with Crippen LogP contribution >= 0.6 is 0 Å². The highest BCUT2D eigenvalue weighted by Crippen LogP contribution is 2.30. The van der Waals surface area contributed by atoms with Crippen molar-refractivity contribution in [3.05, 3.63) is 54.1 Å². The fraction of sp³-hybridized carbons (Fsp3) is 0.350. The summed E-state index contributed by atoms with van der Waals surface area (Å²) in [5, 5.41) is 2.60. The second kappa shape index (κ2) is 9.01. The van der Waals surface area contributed by atoms with Crippen molar-refractivity contribution in [3.63, 3.8) is 0 Å². The molecule has 1 amide bonds. The molecule has 0 unspecified atom stereocenters. The first-order valence-electron chi connectivity index (χ1n) is 8.76. The molecule has 0 aromatic heterocycles. The first-order valence-corrected chi connectivity index (χ1v) is 10.2. The number of sulfonamides is 1. The summed E-state index contributed by atoms with van der Waals surface area (Å²) in [7, 11) is -2.47. The van der Waals surface area contributed by atoms with Gasteiger partial charge in [-0.2, -0.15) is 0 Å². The van der Waals surface area contributed by atoms with Gasteiger partial charge in [0.15, 0.2) is 0 Å². The number of hydrogen-bond donors (Lipinski definition) is 2. The number of anilines is 1. The van der Waals surface area contributed by atoms with Crippen molar-refractivity contribution in [1.29, 1.82) is 0 Å². The van der Waals surface area contributed by atoms with E-state index in [-0.39, 0.29) is 22.6 Å². The Hall–Kier alpha value is -2.38. The van der Waals surface area contributed by atoms with Crippen molar-refractivity contribution >= 4 is 21.6 Å². The highest BCUT2D eigenvalue weighted by molar-refractivity contribution is 7.89. The zero-order valence-electron chi connectivity index (χ0n) is 16.0. The molecule has 0 spiro atoms. The van der Waals surface area contributed by atoms with E-state index in [0.717, 1.165) is 5.56 Å². The normalized spacial score (nSPS) is 12.6. The molecule has 2 aromatic rings. The number of nitrogens with one attached hydrogen (secondary N) is 2. The fourth-order valence-corrected chi connectivity index (χ4v) is 4.26. The number of methoxy groups -OCH3 is 1.